The van der Waals surface area contributed by atoms with Gasteiger partial charge in [-0.05, 0) is 64.2 Å². The fourth-order valence-corrected chi connectivity index (χ4v) is 11.4. The first-order valence-electron chi connectivity index (χ1n) is 36.3. The van der Waals surface area contributed by atoms with Crippen LogP contribution in [0.3, 0.4) is 0 Å². The van der Waals surface area contributed by atoms with Crippen LogP contribution in [0, 0.1) is 0 Å². The van der Waals surface area contributed by atoms with Crippen molar-refractivity contribution in [1.82, 2.24) is 5.32 Å². The summed E-state index contributed by atoms with van der Waals surface area (Å²) in [7, 11) is 0. The summed E-state index contributed by atoms with van der Waals surface area (Å²) < 4.78 is 5.49. The predicted molar refractivity (Wildman–Crippen MR) is 352 cm³/mol. The molecule has 0 saturated carbocycles. The molecule has 0 aromatic heterocycles. The van der Waals surface area contributed by atoms with Crippen molar-refractivity contribution < 1.29 is 24.5 Å². The molecule has 0 aliphatic carbocycles. The lowest BCUT2D eigenvalue weighted by atomic mass is 10.0. The maximum absolute atomic E-state index is 12.5. The second-order valence-electron chi connectivity index (χ2n) is 24.9. The van der Waals surface area contributed by atoms with Crippen molar-refractivity contribution in [3.05, 3.63) is 36.5 Å². The predicted octanol–water partition coefficient (Wildman–Crippen LogP) is 23.5. The molecule has 0 aromatic rings. The van der Waals surface area contributed by atoms with Crippen molar-refractivity contribution in [3.8, 4) is 0 Å². The number of hydrogen-bond donors (Lipinski definition) is 3. The van der Waals surface area contributed by atoms with Gasteiger partial charge in [0.25, 0.3) is 0 Å². The van der Waals surface area contributed by atoms with E-state index in [4.69, 9.17) is 4.74 Å². The Morgan fingerprint density at radius 1 is 0.350 bits per heavy atom. The number of carbonyl (C=O) groups excluding carboxylic acids is 2. The number of rotatable bonds is 68. The smallest absolute Gasteiger partial charge is 0.305 e. The second-order valence-corrected chi connectivity index (χ2v) is 24.9. The van der Waals surface area contributed by atoms with Crippen molar-refractivity contribution in [2.45, 2.75) is 411 Å². The molecule has 6 heteroatoms. The summed E-state index contributed by atoms with van der Waals surface area (Å²) in [6.07, 6.45) is 89.5. The van der Waals surface area contributed by atoms with Gasteiger partial charge in [-0.15, -0.1) is 0 Å². The van der Waals surface area contributed by atoms with E-state index in [1.54, 1.807) is 6.08 Å². The summed E-state index contributed by atoms with van der Waals surface area (Å²) in [4.78, 5) is 24.6. The third kappa shape index (κ3) is 65.2. The van der Waals surface area contributed by atoms with Gasteiger partial charge in [0, 0.05) is 12.8 Å². The summed E-state index contributed by atoms with van der Waals surface area (Å²) in [6, 6.07) is -0.626. The summed E-state index contributed by atoms with van der Waals surface area (Å²) in [5.74, 6) is -0.0555. The normalized spacial score (nSPS) is 12.7. The van der Waals surface area contributed by atoms with E-state index in [1.807, 2.05) is 6.08 Å². The average Bonchev–Trinajstić information content (AvgIpc) is 3.46. The molecule has 0 radical (unpaired) electrons. The van der Waals surface area contributed by atoms with E-state index in [2.05, 4.69) is 43.5 Å². The Morgan fingerprint density at radius 2 is 0.625 bits per heavy atom. The van der Waals surface area contributed by atoms with Crippen molar-refractivity contribution in [2.75, 3.05) is 13.2 Å². The van der Waals surface area contributed by atoms with Crippen LogP contribution in [0.2, 0.25) is 0 Å². The van der Waals surface area contributed by atoms with Gasteiger partial charge in [-0.2, -0.15) is 0 Å². The van der Waals surface area contributed by atoms with Crippen molar-refractivity contribution in [1.29, 1.82) is 0 Å². The number of hydrogen-bond acceptors (Lipinski definition) is 5. The highest BCUT2D eigenvalue weighted by atomic mass is 16.5. The summed E-state index contributed by atoms with van der Waals surface area (Å²) in [5, 5.41) is 23.2. The lowest BCUT2D eigenvalue weighted by Crippen LogP contribution is -2.45. The fourth-order valence-electron chi connectivity index (χ4n) is 11.4. The van der Waals surface area contributed by atoms with E-state index in [9.17, 15) is 19.8 Å². The maximum atomic E-state index is 12.5. The minimum Gasteiger partial charge on any atom is -0.466 e. The van der Waals surface area contributed by atoms with Crippen LogP contribution in [0.4, 0.5) is 0 Å². The van der Waals surface area contributed by atoms with Crippen LogP contribution in [0.5, 0.6) is 0 Å². The minimum atomic E-state index is -0.843. The van der Waals surface area contributed by atoms with Gasteiger partial charge < -0.3 is 20.3 Å². The SMILES string of the molecule is CCCCC/C=C\C/C=C\CCCCCCCC(=O)OCCCCCCCCCCCCCCCCCCCCCCCCCCCCCCCC(=O)NC(CO)C(O)/C=C/CCCCCCCCCCCCCCCCCCC. The zero-order valence-electron chi connectivity index (χ0n) is 54.1. The van der Waals surface area contributed by atoms with Gasteiger partial charge in [-0.3, -0.25) is 9.59 Å². The first-order valence-corrected chi connectivity index (χ1v) is 36.3. The Morgan fingerprint density at radius 3 is 0.975 bits per heavy atom. The zero-order chi connectivity index (χ0) is 57.8. The second kappa shape index (κ2) is 69.6. The number of allylic oxidation sites excluding steroid dienone is 5. The Balaban J connectivity index is 3.36. The molecule has 0 aromatic carbocycles. The Kier molecular flexibility index (Phi) is 67.9. The Labute approximate surface area is 500 Å². The lowest BCUT2D eigenvalue weighted by Gasteiger charge is -2.20. The summed E-state index contributed by atoms with van der Waals surface area (Å²) in [6.45, 7) is 4.91. The quantitative estimate of drug-likeness (QED) is 0.0320. The number of esters is 1. The van der Waals surface area contributed by atoms with E-state index in [0.717, 1.165) is 51.4 Å². The van der Waals surface area contributed by atoms with Gasteiger partial charge in [0.2, 0.25) is 5.91 Å². The van der Waals surface area contributed by atoms with Gasteiger partial charge in [-0.25, -0.2) is 0 Å². The monoisotopic (exact) mass is 1120 g/mol. The fraction of sp³-hybridized carbons (Fsp3) is 0.892. The highest BCUT2D eigenvalue weighted by Gasteiger charge is 2.18. The molecule has 0 saturated heterocycles. The van der Waals surface area contributed by atoms with Gasteiger partial charge in [-0.1, -0.05) is 359 Å². The number of amides is 1. The van der Waals surface area contributed by atoms with E-state index < -0.39 is 12.1 Å². The first-order chi connectivity index (χ1) is 39.5. The van der Waals surface area contributed by atoms with Crippen LogP contribution in [-0.4, -0.2) is 47.4 Å². The molecule has 472 valence electrons. The molecule has 0 aliphatic rings. The van der Waals surface area contributed by atoms with Crippen molar-refractivity contribution >= 4 is 11.9 Å². The number of ether oxygens (including phenoxy) is 1. The van der Waals surface area contributed by atoms with E-state index >= 15 is 0 Å². The van der Waals surface area contributed by atoms with E-state index in [0.29, 0.717) is 19.4 Å². The number of unbranched alkanes of at least 4 members (excludes halogenated alkanes) is 53. The third-order valence-corrected chi connectivity index (χ3v) is 16.9. The third-order valence-electron chi connectivity index (χ3n) is 16.9. The zero-order valence-corrected chi connectivity index (χ0v) is 54.1. The molecule has 1 amide bonds. The molecule has 2 atom stereocenters. The molecule has 0 bridgehead atoms. The minimum absolute atomic E-state index is 0.00554. The van der Waals surface area contributed by atoms with Gasteiger partial charge >= 0.3 is 5.97 Å². The molecule has 6 nitrogen and oxygen atoms in total. The van der Waals surface area contributed by atoms with Gasteiger partial charge in [0.1, 0.15) is 0 Å². The summed E-state index contributed by atoms with van der Waals surface area (Å²) in [5.41, 5.74) is 0. The largest absolute Gasteiger partial charge is 0.466 e. The molecule has 0 rings (SSSR count). The molecule has 3 N–H and O–H groups in total. The molecule has 0 aliphatic heterocycles. The first kappa shape index (κ1) is 78.1. The number of aliphatic hydroxyl groups is 2. The van der Waals surface area contributed by atoms with Crippen molar-refractivity contribution in [3.63, 3.8) is 0 Å². The maximum Gasteiger partial charge on any atom is 0.305 e. The van der Waals surface area contributed by atoms with Gasteiger partial charge in [0.15, 0.2) is 0 Å². The molecule has 80 heavy (non-hydrogen) atoms. The molecular formula is C74H141NO5. The highest BCUT2D eigenvalue weighted by Crippen LogP contribution is 2.19. The number of nitrogens with one attached hydrogen (secondary N) is 1. The van der Waals surface area contributed by atoms with Crippen LogP contribution in [-0.2, 0) is 14.3 Å². The molecule has 0 fully saturated rings. The Bertz CT molecular complexity index is 1300. The molecule has 0 spiro atoms. The average molecular weight is 1120 g/mol. The lowest BCUT2D eigenvalue weighted by molar-refractivity contribution is -0.143. The van der Waals surface area contributed by atoms with Crippen LogP contribution in [0.1, 0.15) is 399 Å². The highest BCUT2D eigenvalue weighted by molar-refractivity contribution is 5.76. The number of aliphatic hydroxyl groups excluding tert-OH is 2. The van der Waals surface area contributed by atoms with E-state index in [1.165, 1.54) is 321 Å². The van der Waals surface area contributed by atoms with Crippen molar-refractivity contribution in [2.24, 2.45) is 0 Å². The standard InChI is InChI=1S/C74H141NO5/c1-3-5-7-9-11-13-15-17-19-20-32-35-39-42-46-50-54-58-62-66-72(77)71(70-76)75-73(78)67-63-59-55-51-47-43-40-36-33-30-28-26-24-22-21-23-25-27-29-31-34-37-41-45-49-53-57-61-65-69-80-74(79)68-64-60-56-52-48-44-38-18-16-14-12-10-8-6-4-2/h12,14,18,38,62,66,71-72,76-77H,3-11,13,15-17,19-37,39-61,63-65,67-70H2,1-2H3,(H,75,78)/b14-12-,38-18-,66-62+. The number of carbonyl (C=O) groups is 2. The van der Waals surface area contributed by atoms with Crippen LogP contribution in [0.15, 0.2) is 36.5 Å². The van der Waals surface area contributed by atoms with Crippen LogP contribution in [0.25, 0.3) is 0 Å². The topological polar surface area (TPSA) is 95.9 Å². The Hall–Kier alpha value is -1.92. The van der Waals surface area contributed by atoms with E-state index in [-0.39, 0.29) is 18.5 Å². The molecule has 2 unspecified atom stereocenters. The summed E-state index contributed by atoms with van der Waals surface area (Å²) >= 11 is 0. The van der Waals surface area contributed by atoms with Crippen LogP contribution < -0.4 is 5.32 Å². The molecular weight excluding hydrogens is 983 g/mol. The molecule has 0 heterocycles. The van der Waals surface area contributed by atoms with Crippen LogP contribution >= 0.6 is 0 Å². The van der Waals surface area contributed by atoms with Gasteiger partial charge in [0.05, 0.1) is 25.4 Å².